The maximum atomic E-state index is 13.0. The van der Waals surface area contributed by atoms with E-state index < -0.39 is 12.6 Å². The molecule has 1 aliphatic carbocycles. The van der Waals surface area contributed by atoms with E-state index in [1.165, 1.54) is 7.11 Å². The number of aromatic carboxylic acids is 1. The fraction of sp³-hybridized carbons (Fsp3) is 0.217. The van der Waals surface area contributed by atoms with Gasteiger partial charge in [-0.25, -0.2) is 9.78 Å². The molecule has 1 heterocycles. The lowest BCUT2D eigenvalue weighted by Crippen LogP contribution is -2.13. The van der Waals surface area contributed by atoms with Crippen molar-refractivity contribution in [3.8, 4) is 11.5 Å². The van der Waals surface area contributed by atoms with Gasteiger partial charge in [0.25, 0.3) is 0 Å². The molecule has 0 aliphatic heterocycles. The minimum atomic E-state index is -3.00. The largest absolute Gasteiger partial charge is 0.493 e. The number of hydrogen-bond acceptors (Lipinski definition) is 4. The standard InChI is InChI=1S/C23H19F2NO4/c1-29-18-11-5-7-14(21(18)30-23(24)25)12-13-6-4-9-16-19(22(27)28)15-8-2-3-10-17(15)26-20(13)16/h2-3,5,7-8,10-12,23H,4,6,9H2,1H3,(H,27,28)/b13-12+. The summed E-state index contributed by atoms with van der Waals surface area (Å²) in [6.07, 6.45) is 3.69. The van der Waals surface area contributed by atoms with Crippen LogP contribution < -0.4 is 9.47 Å². The Kier molecular flexibility index (Phi) is 5.35. The Bertz CT molecular complexity index is 1160. The van der Waals surface area contributed by atoms with Gasteiger partial charge in [0.2, 0.25) is 0 Å². The van der Waals surface area contributed by atoms with Crippen LogP contribution in [-0.4, -0.2) is 29.8 Å². The predicted molar refractivity (Wildman–Crippen MR) is 109 cm³/mol. The molecule has 0 fully saturated rings. The van der Waals surface area contributed by atoms with E-state index in [0.29, 0.717) is 40.6 Å². The highest BCUT2D eigenvalue weighted by molar-refractivity contribution is 6.06. The molecule has 154 valence electrons. The van der Waals surface area contributed by atoms with Crippen molar-refractivity contribution in [2.24, 2.45) is 0 Å². The van der Waals surface area contributed by atoms with Crippen molar-refractivity contribution >= 4 is 28.5 Å². The summed E-state index contributed by atoms with van der Waals surface area (Å²) in [5.74, 6) is -0.874. The first-order chi connectivity index (χ1) is 14.5. The summed E-state index contributed by atoms with van der Waals surface area (Å²) < 4.78 is 35.8. The topological polar surface area (TPSA) is 68.7 Å². The highest BCUT2D eigenvalue weighted by Crippen LogP contribution is 2.39. The van der Waals surface area contributed by atoms with Gasteiger partial charge < -0.3 is 14.6 Å². The molecule has 0 spiro atoms. The Hall–Kier alpha value is -3.48. The van der Waals surface area contributed by atoms with E-state index >= 15 is 0 Å². The van der Waals surface area contributed by atoms with Crippen LogP contribution >= 0.6 is 0 Å². The van der Waals surface area contributed by atoms with Gasteiger partial charge in [0, 0.05) is 10.9 Å². The van der Waals surface area contributed by atoms with Crippen LogP contribution in [0.2, 0.25) is 0 Å². The van der Waals surface area contributed by atoms with Crippen LogP contribution in [0.4, 0.5) is 8.78 Å². The molecule has 3 aromatic rings. The quantitative estimate of drug-likeness (QED) is 0.607. The smallest absolute Gasteiger partial charge is 0.387 e. The number of carboxylic acid groups (broad SMARTS) is 1. The molecule has 0 bridgehead atoms. The van der Waals surface area contributed by atoms with Gasteiger partial charge in [0.15, 0.2) is 11.5 Å². The van der Waals surface area contributed by atoms with Gasteiger partial charge in [-0.15, -0.1) is 0 Å². The number of rotatable bonds is 5. The second-order valence-corrected chi connectivity index (χ2v) is 6.92. The van der Waals surface area contributed by atoms with Gasteiger partial charge in [-0.3, -0.25) is 0 Å². The maximum absolute atomic E-state index is 13.0. The zero-order valence-electron chi connectivity index (χ0n) is 16.2. The zero-order chi connectivity index (χ0) is 21.3. The molecule has 1 aliphatic rings. The molecule has 7 heteroatoms. The van der Waals surface area contributed by atoms with Crippen LogP contribution in [0.3, 0.4) is 0 Å². The van der Waals surface area contributed by atoms with Crippen LogP contribution in [0.5, 0.6) is 11.5 Å². The van der Waals surface area contributed by atoms with E-state index in [9.17, 15) is 18.7 Å². The van der Waals surface area contributed by atoms with Gasteiger partial charge in [-0.05, 0) is 48.6 Å². The molecule has 0 radical (unpaired) electrons. The van der Waals surface area contributed by atoms with Crippen LogP contribution in [0.15, 0.2) is 42.5 Å². The van der Waals surface area contributed by atoms with Gasteiger partial charge in [-0.2, -0.15) is 8.78 Å². The van der Waals surface area contributed by atoms with Gasteiger partial charge >= 0.3 is 12.6 Å². The van der Waals surface area contributed by atoms with Crippen molar-refractivity contribution in [3.63, 3.8) is 0 Å². The van der Waals surface area contributed by atoms with Crippen LogP contribution in [0.25, 0.3) is 22.6 Å². The van der Waals surface area contributed by atoms with Gasteiger partial charge in [-0.1, -0.05) is 30.3 Å². The van der Waals surface area contributed by atoms with Crippen LogP contribution in [0, 0.1) is 0 Å². The number of halogens is 2. The second kappa shape index (κ2) is 8.10. The number of para-hydroxylation sites is 2. The summed E-state index contributed by atoms with van der Waals surface area (Å²) in [6.45, 7) is -3.00. The molecule has 0 unspecified atom stereocenters. The molecule has 30 heavy (non-hydrogen) atoms. The first-order valence-electron chi connectivity index (χ1n) is 9.47. The zero-order valence-corrected chi connectivity index (χ0v) is 16.2. The molecule has 0 amide bonds. The Labute approximate surface area is 171 Å². The number of carbonyl (C=O) groups is 1. The molecule has 0 saturated carbocycles. The summed E-state index contributed by atoms with van der Waals surface area (Å²) in [5.41, 5.74) is 3.27. The van der Waals surface area contributed by atoms with E-state index in [2.05, 4.69) is 0 Å². The highest BCUT2D eigenvalue weighted by Gasteiger charge is 2.25. The van der Waals surface area contributed by atoms with Crippen molar-refractivity contribution in [2.75, 3.05) is 7.11 Å². The third kappa shape index (κ3) is 3.58. The number of benzene rings is 2. The minimum Gasteiger partial charge on any atom is -0.493 e. The number of carboxylic acids is 1. The second-order valence-electron chi connectivity index (χ2n) is 6.92. The SMILES string of the molecule is COc1cccc(/C=C2\CCCc3c2nc2ccccc2c3C(=O)O)c1OC(F)F. The Morgan fingerprint density at radius 3 is 2.70 bits per heavy atom. The first-order valence-corrected chi connectivity index (χ1v) is 9.47. The van der Waals surface area contributed by atoms with Gasteiger partial charge in [0.05, 0.1) is 23.9 Å². The van der Waals surface area contributed by atoms with Crippen molar-refractivity contribution < 1.29 is 28.2 Å². The normalized spacial score (nSPS) is 14.7. The lowest BCUT2D eigenvalue weighted by molar-refractivity contribution is -0.0513. The third-order valence-corrected chi connectivity index (χ3v) is 5.15. The van der Waals surface area contributed by atoms with E-state index in [4.69, 9.17) is 14.5 Å². The Morgan fingerprint density at radius 2 is 1.97 bits per heavy atom. The number of methoxy groups -OCH3 is 1. The van der Waals surface area contributed by atoms with Crippen molar-refractivity contribution in [3.05, 3.63) is 64.8 Å². The average Bonchev–Trinajstić information content (AvgIpc) is 2.73. The maximum Gasteiger partial charge on any atom is 0.387 e. The summed E-state index contributed by atoms with van der Waals surface area (Å²) in [4.78, 5) is 16.8. The Balaban J connectivity index is 1.93. The first kappa shape index (κ1) is 19.8. The number of allylic oxidation sites excluding steroid dienone is 1. The van der Waals surface area contributed by atoms with E-state index in [-0.39, 0.29) is 17.1 Å². The number of aromatic nitrogens is 1. The van der Waals surface area contributed by atoms with E-state index in [1.807, 2.05) is 0 Å². The van der Waals surface area contributed by atoms with Crippen molar-refractivity contribution in [1.29, 1.82) is 0 Å². The van der Waals surface area contributed by atoms with E-state index in [1.54, 1.807) is 48.5 Å². The number of nitrogens with zero attached hydrogens (tertiary/aromatic N) is 1. The molecule has 0 atom stereocenters. The molecule has 0 saturated heterocycles. The molecule has 2 aromatic carbocycles. The van der Waals surface area contributed by atoms with Crippen molar-refractivity contribution in [2.45, 2.75) is 25.9 Å². The third-order valence-electron chi connectivity index (χ3n) is 5.15. The molecule has 1 aromatic heterocycles. The molecule has 4 rings (SSSR count). The Morgan fingerprint density at radius 1 is 1.17 bits per heavy atom. The number of ether oxygens (including phenoxy) is 2. The number of alkyl halides is 2. The minimum absolute atomic E-state index is 0.0612. The fourth-order valence-electron chi connectivity index (χ4n) is 3.93. The fourth-order valence-corrected chi connectivity index (χ4v) is 3.93. The number of hydrogen-bond donors (Lipinski definition) is 1. The highest BCUT2D eigenvalue weighted by atomic mass is 19.3. The lowest BCUT2D eigenvalue weighted by atomic mass is 9.86. The van der Waals surface area contributed by atoms with E-state index in [0.717, 1.165) is 12.0 Å². The molecule has 1 N–H and O–H groups in total. The van der Waals surface area contributed by atoms with Crippen LogP contribution in [0.1, 0.15) is 40.0 Å². The lowest BCUT2D eigenvalue weighted by Gasteiger charge is -2.22. The monoisotopic (exact) mass is 411 g/mol. The number of fused-ring (bicyclic) bond motifs is 2. The summed E-state index contributed by atoms with van der Waals surface area (Å²) in [5, 5.41) is 10.5. The molecule has 5 nitrogen and oxygen atoms in total. The van der Waals surface area contributed by atoms with Crippen LogP contribution in [-0.2, 0) is 6.42 Å². The number of pyridine rings is 1. The van der Waals surface area contributed by atoms with Gasteiger partial charge in [0.1, 0.15) is 0 Å². The summed E-state index contributed by atoms with van der Waals surface area (Å²) >= 11 is 0. The van der Waals surface area contributed by atoms with Crippen molar-refractivity contribution in [1.82, 2.24) is 4.98 Å². The molecular formula is C23H19F2NO4. The predicted octanol–water partition coefficient (Wildman–Crippen LogP) is 5.42. The average molecular weight is 411 g/mol. The summed E-state index contributed by atoms with van der Waals surface area (Å²) in [6, 6.07) is 12.0. The molecular weight excluding hydrogens is 392 g/mol. The summed E-state index contributed by atoms with van der Waals surface area (Å²) in [7, 11) is 1.38.